The number of hydrogen-bond acceptors (Lipinski definition) is 4. The van der Waals surface area contributed by atoms with E-state index in [2.05, 4.69) is 10.6 Å². The summed E-state index contributed by atoms with van der Waals surface area (Å²) in [5.41, 5.74) is 1.81. The van der Waals surface area contributed by atoms with Crippen LogP contribution in [0, 0.1) is 5.82 Å². The number of carbonyl (C=O) groups is 2. The van der Waals surface area contributed by atoms with E-state index in [0.29, 0.717) is 36.4 Å². The number of halogens is 1. The van der Waals surface area contributed by atoms with E-state index in [9.17, 15) is 14.0 Å². The van der Waals surface area contributed by atoms with E-state index in [1.54, 1.807) is 17.0 Å². The average Bonchev–Trinajstić information content (AvgIpc) is 3.24. The predicted molar refractivity (Wildman–Crippen MR) is 103 cm³/mol. The Labute approximate surface area is 161 Å². The maximum Gasteiger partial charge on any atom is 0.264 e. The van der Waals surface area contributed by atoms with E-state index in [-0.39, 0.29) is 23.3 Å². The zero-order chi connectivity index (χ0) is 18.8. The Morgan fingerprint density at radius 3 is 2.96 bits per heavy atom. The Balaban J connectivity index is 1.53. The van der Waals surface area contributed by atoms with Crippen LogP contribution in [0.4, 0.5) is 10.1 Å². The summed E-state index contributed by atoms with van der Waals surface area (Å²) in [5, 5.41) is 7.80. The van der Waals surface area contributed by atoms with Gasteiger partial charge in [-0.05, 0) is 60.9 Å². The SMILES string of the molecule is O=C(Nc1ccc2c(c1F)CCNC2)C1CCCCN1C(=O)c1cccs1. The molecule has 1 unspecified atom stereocenters. The zero-order valence-corrected chi connectivity index (χ0v) is 15.8. The minimum atomic E-state index is -0.564. The highest BCUT2D eigenvalue weighted by molar-refractivity contribution is 7.12. The minimum Gasteiger partial charge on any atom is -0.326 e. The molecule has 7 heteroatoms. The molecule has 142 valence electrons. The lowest BCUT2D eigenvalue weighted by molar-refractivity contribution is -0.121. The molecular weight excluding hydrogens is 365 g/mol. The summed E-state index contributed by atoms with van der Waals surface area (Å²) in [6.07, 6.45) is 2.96. The lowest BCUT2D eigenvalue weighted by Gasteiger charge is -2.34. The van der Waals surface area contributed by atoms with Gasteiger partial charge in [0.2, 0.25) is 5.91 Å². The number of carbonyl (C=O) groups excluding carboxylic acids is 2. The van der Waals surface area contributed by atoms with Gasteiger partial charge in [0, 0.05) is 13.1 Å². The number of nitrogens with one attached hydrogen (secondary N) is 2. The van der Waals surface area contributed by atoms with E-state index < -0.39 is 6.04 Å². The molecule has 1 aromatic carbocycles. The molecule has 0 spiro atoms. The lowest BCUT2D eigenvalue weighted by atomic mass is 9.98. The Kier molecular flexibility index (Phi) is 5.22. The lowest BCUT2D eigenvalue weighted by Crippen LogP contribution is -2.49. The second-order valence-electron chi connectivity index (χ2n) is 6.97. The second-order valence-corrected chi connectivity index (χ2v) is 7.92. The van der Waals surface area contributed by atoms with E-state index in [0.717, 1.165) is 24.9 Å². The first-order valence-corrected chi connectivity index (χ1v) is 10.2. The van der Waals surface area contributed by atoms with Crippen molar-refractivity contribution in [2.45, 2.75) is 38.3 Å². The number of benzene rings is 1. The van der Waals surface area contributed by atoms with Gasteiger partial charge in [0.25, 0.3) is 5.91 Å². The largest absolute Gasteiger partial charge is 0.326 e. The van der Waals surface area contributed by atoms with Crippen LogP contribution >= 0.6 is 11.3 Å². The molecule has 0 aliphatic carbocycles. The molecule has 5 nitrogen and oxygen atoms in total. The van der Waals surface area contributed by atoms with Gasteiger partial charge in [-0.1, -0.05) is 12.1 Å². The third-order valence-corrected chi connectivity index (χ3v) is 6.12. The molecule has 1 saturated heterocycles. The van der Waals surface area contributed by atoms with Gasteiger partial charge in [0.15, 0.2) is 0 Å². The zero-order valence-electron chi connectivity index (χ0n) is 15.0. The van der Waals surface area contributed by atoms with Crippen LogP contribution in [-0.4, -0.2) is 35.8 Å². The Bertz CT molecular complexity index is 853. The standard InChI is InChI=1S/C20H22FN3O2S/c21-18-14-8-9-22-12-13(14)6-7-15(18)23-19(25)16-4-1-2-10-24(16)20(26)17-5-3-11-27-17/h3,5-7,11,16,22H,1-2,4,8-10,12H2,(H,23,25). The quantitative estimate of drug-likeness (QED) is 0.850. The fourth-order valence-corrected chi connectivity index (χ4v) is 4.51. The van der Waals surface area contributed by atoms with E-state index >= 15 is 0 Å². The molecule has 3 heterocycles. The third kappa shape index (κ3) is 3.61. The molecule has 0 saturated carbocycles. The van der Waals surface area contributed by atoms with Crippen molar-refractivity contribution < 1.29 is 14.0 Å². The van der Waals surface area contributed by atoms with Crippen LogP contribution in [0.15, 0.2) is 29.6 Å². The van der Waals surface area contributed by atoms with Gasteiger partial charge in [-0.3, -0.25) is 9.59 Å². The van der Waals surface area contributed by atoms with Gasteiger partial charge in [-0.2, -0.15) is 0 Å². The van der Waals surface area contributed by atoms with Gasteiger partial charge in [0.1, 0.15) is 11.9 Å². The number of thiophene rings is 1. The molecule has 1 fully saturated rings. The predicted octanol–water partition coefficient (Wildman–Crippen LogP) is 3.17. The topological polar surface area (TPSA) is 61.4 Å². The molecule has 2 aliphatic heterocycles. The first-order chi connectivity index (χ1) is 13.1. The van der Waals surface area contributed by atoms with Crippen molar-refractivity contribution in [2.75, 3.05) is 18.4 Å². The van der Waals surface area contributed by atoms with Gasteiger partial charge in [-0.15, -0.1) is 11.3 Å². The van der Waals surface area contributed by atoms with Crippen LogP contribution in [0.2, 0.25) is 0 Å². The van der Waals surface area contributed by atoms with Crippen molar-refractivity contribution in [3.05, 3.63) is 51.5 Å². The normalized spacial score (nSPS) is 19.4. The molecule has 27 heavy (non-hydrogen) atoms. The summed E-state index contributed by atoms with van der Waals surface area (Å²) in [6.45, 7) is 1.92. The van der Waals surface area contributed by atoms with Crippen LogP contribution in [0.25, 0.3) is 0 Å². The number of rotatable bonds is 3. The molecule has 2 aliphatic rings. The fraction of sp³-hybridized carbons (Fsp3) is 0.400. The number of nitrogens with zero attached hydrogens (tertiary/aromatic N) is 1. The molecule has 2 N–H and O–H groups in total. The molecule has 2 amide bonds. The highest BCUT2D eigenvalue weighted by Crippen LogP contribution is 2.27. The summed E-state index contributed by atoms with van der Waals surface area (Å²) >= 11 is 1.37. The van der Waals surface area contributed by atoms with Crippen molar-refractivity contribution >= 4 is 28.8 Å². The first-order valence-electron chi connectivity index (χ1n) is 9.31. The molecule has 4 rings (SSSR count). The van der Waals surface area contributed by atoms with Crippen LogP contribution in [0.5, 0.6) is 0 Å². The van der Waals surface area contributed by atoms with Crippen molar-refractivity contribution in [1.82, 2.24) is 10.2 Å². The minimum absolute atomic E-state index is 0.123. The van der Waals surface area contributed by atoms with Crippen LogP contribution in [0.3, 0.4) is 0 Å². The molecular formula is C20H22FN3O2S. The number of fused-ring (bicyclic) bond motifs is 1. The fourth-order valence-electron chi connectivity index (χ4n) is 3.84. The molecule has 2 aromatic rings. The smallest absolute Gasteiger partial charge is 0.264 e. The summed E-state index contributed by atoms with van der Waals surface area (Å²) in [6, 6.07) is 6.51. The number of amides is 2. The van der Waals surface area contributed by atoms with Gasteiger partial charge in [0.05, 0.1) is 10.6 Å². The Morgan fingerprint density at radius 2 is 2.15 bits per heavy atom. The summed E-state index contributed by atoms with van der Waals surface area (Å²) in [4.78, 5) is 27.9. The molecule has 1 atom stereocenters. The summed E-state index contributed by atoms with van der Waals surface area (Å²) < 4.78 is 14.8. The maximum atomic E-state index is 14.8. The Hall–Kier alpha value is -2.25. The number of anilines is 1. The monoisotopic (exact) mass is 387 g/mol. The summed E-state index contributed by atoms with van der Waals surface area (Å²) in [7, 11) is 0. The van der Waals surface area contributed by atoms with Crippen LogP contribution in [-0.2, 0) is 17.8 Å². The van der Waals surface area contributed by atoms with Crippen molar-refractivity contribution in [3.8, 4) is 0 Å². The van der Waals surface area contributed by atoms with E-state index in [4.69, 9.17) is 0 Å². The number of piperidine rings is 1. The third-order valence-electron chi connectivity index (χ3n) is 5.26. The first kappa shape index (κ1) is 18.1. The van der Waals surface area contributed by atoms with E-state index in [1.807, 2.05) is 17.5 Å². The van der Waals surface area contributed by atoms with E-state index in [1.165, 1.54) is 11.3 Å². The van der Waals surface area contributed by atoms with Gasteiger partial charge < -0.3 is 15.5 Å². The van der Waals surface area contributed by atoms with Gasteiger partial charge >= 0.3 is 0 Å². The molecule has 1 aromatic heterocycles. The number of likely N-dealkylation sites (tertiary alicyclic amines) is 1. The number of hydrogen-bond donors (Lipinski definition) is 2. The highest BCUT2D eigenvalue weighted by Gasteiger charge is 2.33. The molecule has 0 radical (unpaired) electrons. The average molecular weight is 387 g/mol. The van der Waals surface area contributed by atoms with Crippen molar-refractivity contribution in [3.63, 3.8) is 0 Å². The van der Waals surface area contributed by atoms with Crippen molar-refractivity contribution in [2.24, 2.45) is 0 Å². The van der Waals surface area contributed by atoms with Crippen LogP contribution < -0.4 is 10.6 Å². The molecule has 0 bridgehead atoms. The maximum absolute atomic E-state index is 14.8. The van der Waals surface area contributed by atoms with Gasteiger partial charge in [-0.25, -0.2) is 4.39 Å². The van der Waals surface area contributed by atoms with Crippen molar-refractivity contribution in [1.29, 1.82) is 0 Å². The second kappa shape index (κ2) is 7.78. The Morgan fingerprint density at radius 1 is 1.26 bits per heavy atom. The summed E-state index contributed by atoms with van der Waals surface area (Å²) in [5.74, 6) is -0.788. The van der Waals surface area contributed by atoms with Crippen LogP contribution in [0.1, 0.15) is 40.1 Å². The highest BCUT2D eigenvalue weighted by atomic mass is 32.1.